The van der Waals surface area contributed by atoms with Crippen LogP contribution in [0.2, 0.25) is 0 Å². The van der Waals surface area contributed by atoms with Gasteiger partial charge in [0.25, 0.3) is 5.91 Å². The van der Waals surface area contributed by atoms with Crippen LogP contribution in [0.15, 0.2) is 65.9 Å². The van der Waals surface area contributed by atoms with Gasteiger partial charge in [0, 0.05) is 12.5 Å². The van der Waals surface area contributed by atoms with Gasteiger partial charge in [-0.25, -0.2) is 19.8 Å². The van der Waals surface area contributed by atoms with Crippen molar-refractivity contribution in [3.8, 4) is 5.75 Å². The normalized spacial score (nSPS) is 10.7. The van der Waals surface area contributed by atoms with Crippen molar-refractivity contribution in [2.24, 2.45) is 5.10 Å². The summed E-state index contributed by atoms with van der Waals surface area (Å²) in [4.78, 5) is 38.5. The number of carbonyl (C=O) groups is 2. The third-order valence-corrected chi connectivity index (χ3v) is 4.05. The van der Waals surface area contributed by atoms with Crippen molar-refractivity contribution < 1.29 is 19.2 Å². The zero-order chi connectivity index (χ0) is 21.5. The predicted molar refractivity (Wildman–Crippen MR) is 107 cm³/mol. The minimum absolute atomic E-state index is 0.269. The van der Waals surface area contributed by atoms with Gasteiger partial charge in [-0.15, -0.1) is 0 Å². The monoisotopic (exact) mass is 407 g/mol. The van der Waals surface area contributed by atoms with E-state index in [0.717, 1.165) is 6.20 Å². The lowest BCUT2D eigenvalue weighted by atomic mass is 10.2. The fraction of sp³-hybridized carbons (Fsp3) is 0.100. The SMILES string of the molecule is Cc1ncc([N+](=O)[O-])n1CC(=O)NN=Cc1ccccc1OC(=O)c1ccccc1. The zero-order valence-corrected chi connectivity index (χ0v) is 15.9. The minimum Gasteiger partial charge on any atom is -0.422 e. The van der Waals surface area contributed by atoms with Crippen molar-refractivity contribution in [2.75, 3.05) is 0 Å². The van der Waals surface area contributed by atoms with Crippen LogP contribution >= 0.6 is 0 Å². The fourth-order valence-electron chi connectivity index (χ4n) is 2.56. The summed E-state index contributed by atoms with van der Waals surface area (Å²) in [6.45, 7) is 1.24. The van der Waals surface area contributed by atoms with Crippen LogP contribution in [0.5, 0.6) is 5.75 Å². The Morgan fingerprint density at radius 1 is 1.20 bits per heavy atom. The van der Waals surface area contributed by atoms with E-state index in [4.69, 9.17) is 4.74 Å². The Morgan fingerprint density at radius 2 is 1.90 bits per heavy atom. The number of nitrogens with one attached hydrogen (secondary N) is 1. The molecule has 10 heteroatoms. The van der Waals surface area contributed by atoms with Crippen LogP contribution in [0, 0.1) is 17.0 Å². The number of nitrogens with zero attached hydrogens (tertiary/aromatic N) is 4. The van der Waals surface area contributed by atoms with Crippen LogP contribution in [0.1, 0.15) is 21.7 Å². The molecule has 3 aromatic rings. The zero-order valence-electron chi connectivity index (χ0n) is 15.9. The number of aryl methyl sites for hydroxylation is 1. The number of para-hydroxylation sites is 1. The first kappa shape index (κ1) is 20.4. The molecular formula is C20H17N5O5. The lowest BCUT2D eigenvalue weighted by Gasteiger charge is -2.07. The van der Waals surface area contributed by atoms with Crippen molar-refractivity contribution in [1.29, 1.82) is 0 Å². The van der Waals surface area contributed by atoms with E-state index in [9.17, 15) is 19.7 Å². The molecule has 1 aromatic heterocycles. The van der Waals surface area contributed by atoms with E-state index < -0.39 is 16.8 Å². The molecule has 0 aliphatic carbocycles. The number of carbonyl (C=O) groups excluding carboxylic acids is 2. The smallest absolute Gasteiger partial charge is 0.343 e. The summed E-state index contributed by atoms with van der Waals surface area (Å²) >= 11 is 0. The Morgan fingerprint density at radius 3 is 2.63 bits per heavy atom. The van der Waals surface area contributed by atoms with Gasteiger partial charge in [-0.2, -0.15) is 5.10 Å². The highest BCUT2D eigenvalue weighted by Gasteiger charge is 2.20. The van der Waals surface area contributed by atoms with E-state index in [1.807, 2.05) is 0 Å². The third kappa shape index (κ3) is 4.93. The highest BCUT2D eigenvalue weighted by Crippen LogP contribution is 2.18. The quantitative estimate of drug-likeness (QED) is 0.211. The molecular weight excluding hydrogens is 390 g/mol. The Kier molecular flexibility index (Phi) is 6.28. The number of amides is 1. The summed E-state index contributed by atoms with van der Waals surface area (Å²) in [5.74, 6) is -0.785. The number of aromatic nitrogens is 2. The Balaban J connectivity index is 1.66. The van der Waals surface area contributed by atoms with Crippen LogP contribution in [-0.4, -0.2) is 32.6 Å². The van der Waals surface area contributed by atoms with Crippen molar-refractivity contribution in [2.45, 2.75) is 13.5 Å². The Hall–Kier alpha value is -4.34. The minimum atomic E-state index is -0.617. The highest BCUT2D eigenvalue weighted by molar-refractivity contribution is 5.93. The van der Waals surface area contributed by atoms with E-state index in [1.165, 1.54) is 10.8 Å². The van der Waals surface area contributed by atoms with Crippen molar-refractivity contribution in [3.63, 3.8) is 0 Å². The first-order chi connectivity index (χ1) is 14.5. The van der Waals surface area contributed by atoms with Crippen LogP contribution in [-0.2, 0) is 11.3 Å². The molecule has 0 unspecified atom stereocenters. The number of hydrogen-bond donors (Lipinski definition) is 1. The standard InChI is InChI=1S/C20H17N5O5/c1-14-21-12-19(25(28)29)24(14)13-18(26)23-22-11-16-9-5-6-10-17(16)30-20(27)15-7-3-2-4-8-15/h2-12H,13H2,1H3,(H,23,26). The molecule has 1 amide bonds. The molecule has 0 radical (unpaired) electrons. The maximum absolute atomic E-state index is 12.2. The molecule has 0 aliphatic rings. The topological polar surface area (TPSA) is 129 Å². The van der Waals surface area contributed by atoms with E-state index >= 15 is 0 Å². The molecule has 10 nitrogen and oxygen atoms in total. The number of benzene rings is 2. The van der Waals surface area contributed by atoms with Crippen molar-refractivity contribution in [1.82, 2.24) is 15.0 Å². The number of ether oxygens (including phenoxy) is 1. The molecule has 1 heterocycles. The maximum atomic E-state index is 12.2. The molecule has 0 saturated heterocycles. The van der Waals surface area contributed by atoms with Gasteiger partial charge in [0.05, 0.1) is 11.8 Å². The molecule has 0 bridgehead atoms. The summed E-state index contributed by atoms with van der Waals surface area (Å²) in [5.41, 5.74) is 3.16. The summed E-state index contributed by atoms with van der Waals surface area (Å²) in [5, 5.41) is 14.8. The van der Waals surface area contributed by atoms with E-state index in [-0.39, 0.29) is 18.1 Å². The van der Waals surface area contributed by atoms with Crippen molar-refractivity contribution >= 4 is 23.9 Å². The molecule has 3 rings (SSSR count). The van der Waals surface area contributed by atoms with Gasteiger partial charge in [-0.05, 0) is 29.2 Å². The van der Waals surface area contributed by atoms with Gasteiger partial charge in [0.15, 0.2) is 12.4 Å². The molecule has 2 aromatic carbocycles. The number of hydrogen-bond acceptors (Lipinski definition) is 7. The summed E-state index contributed by atoms with van der Waals surface area (Å²) in [7, 11) is 0. The molecule has 0 spiro atoms. The second-order valence-corrected chi connectivity index (χ2v) is 6.09. The Labute approximate surface area is 171 Å². The summed E-state index contributed by atoms with van der Waals surface area (Å²) in [6, 6.07) is 15.2. The fourth-order valence-corrected chi connectivity index (χ4v) is 2.56. The molecule has 152 valence electrons. The number of nitro groups is 1. The highest BCUT2D eigenvalue weighted by atomic mass is 16.6. The lowest BCUT2D eigenvalue weighted by molar-refractivity contribution is -0.392. The van der Waals surface area contributed by atoms with Gasteiger partial charge >= 0.3 is 11.8 Å². The molecule has 0 atom stereocenters. The van der Waals surface area contributed by atoms with Crippen LogP contribution in [0.25, 0.3) is 0 Å². The predicted octanol–water partition coefficient (Wildman–Crippen LogP) is 2.47. The van der Waals surface area contributed by atoms with Gasteiger partial charge in [0.2, 0.25) is 0 Å². The van der Waals surface area contributed by atoms with Gasteiger partial charge in [-0.3, -0.25) is 4.79 Å². The molecule has 1 N–H and O–H groups in total. The van der Waals surface area contributed by atoms with Crippen LogP contribution in [0.3, 0.4) is 0 Å². The van der Waals surface area contributed by atoms with E-state index in [2.05, 4.69) is 15.5 Å². The van der Waals surface area contributed by atoms with Crippen LogP contribution in [0.4, 0.5) is 5.82 Å². The number of hydrazone groups is 1. The van der Waals surface area contributed by atoms with E-state index in [0.29, 0.717) is 17.0 Å². The number of rotatable bonds is 7. The lowest BCUT2D eigenvalue weighted by Crippen LogP contribution is -2.24. The average molecular weight is 407 g/mol. The largest absolute Gasteiger partial charge is 0.422 e. The van der Waals surface area contributed by atoms with Gasteiger partial charge in [0.1, 0.15) is 11.9 Å². The summed E-state index contributed by atoms with van der Waals surface area (Å²) in [6.07, 6.45) is 2.41. The Bertz CT molecular complexity index is 1110. The third-order valence-electron chi connectivity index (χ3n) is 4.05. The van der Waals surface area contributed by atoms with Gasteiger partial charge < -0.3 is 14.9 Å². The second-order valence-electron chi connectivity index (χ2n) is 6.09. The molecule has 0 fully saturated rings. The number of esters is 1. The van der Waals surface area contributed by atoms with Crippen LogP contribution < -0.4 is 10.2 Å². The number of imidazole rings is 1. The second kappa shape index (κ2) is 9.24. The van der Waals surface area contributed by atoms with Crippen molar-refractivity contribution in [3.05, 3.63) is 87.9 Å². The summed E-state index contributed by atoms with van der Waals surface area (Å²) < 4.78 is 6.57. The average Bonchev–Trinajstić information content (AvgIpc) is 3.10. The first-order valence-electron chi connectivity index (χ1n) is 8.80. The molecule has 0 aliphatic heterocycles. The molecule has 0 saturated carbocycles. The maximum Gasteiger partial charge on any atom is 0.343 e. The molecule has 30 heavy (non-hydrogen) atoms. The first-order valence-corrected chi connectivity index (χ1v) is 8.80. The van der Waals surface area contributed by atoms with Gasteiger partial charge in [-0.1, -0.05) is 30.3 Å². The van der Waals surface area contributed by atoms with E-state index in [1.54, 1.807) is 61.5 Å².